The Labute approximate surface area is 103 Å². The number of hydrazine groups is 1. The number of hydrogen-bond acceptors (Lipinski definition) is 5. The van der Waals surface area contributed by atoms with Crippen molar-refractivity contribution in [3.63, 3.8) is 0 Å². The van der Waals surface area contributed by atoms with Crippen LogP contribution < -0.4 is 10.9 Å². The Balaban J connectivity index is 2.15. The summed E-state index contributed by atoms with van der Waals surface area (Å²) in [6, 6.07) is 7.96. The second-order valence-electron chi connectivity index (χ2n) is 3.60. The highest BCUT2D eigenvalue weighted by Gasteiger charge is 2.06. The minimum absolute atomic E-state index is 0.169. The lowest BCUT2D eigenvalue weighted by Gasteiger charge is -1.99. The summed E-state index contributed by atoms with van der Waals surface area (Å²) in [4.78, 5) is 15.0. The van der Waals surface area contributed by atoms with Crippen LogP contribution in [0.15, 0.2) is 24.3 Å². The molecule has 0 aliphatic rings. The number of hydrogen-bond donors (Lipinski definition) is 2. The van der Waals surface area contributed by atoms with E-state index in [-0.39, 0.29) is 5.91 Å². The van der Waals surface area contributed by atoms with Crippen LogP contribution in [0.25, 0.3) is 11.4 Å². The van der Waals surface area contributed by atoms with Gasteiger partial charge in [-0.2, -0.15) is 9.36 Å². The van der Waals surface area contributed by atoms with Gasteiger partial charge in [0.2, 0.25) is 11.0 Å². The van der Waals surface area contributed by atoms with Crippen LogP contribution in [0.4, 0.5) is 5.13 Å². The Morgan fingerprint density at radius 1 is 1.41 bits per heavy atom. The zero-order valence-corrected chi connectivity index (χ0v) is 10.3. The SMILES string of the molecule is CC(=O)NNc1nc(-c2cccc(C)c2)ns1. The van der Waals surface area contributed by atoms with E-state index in [1.165, 1.54) is 18.5 Å². The zero-order valence-electron chi connectivity index (χ0n) is 9.52. The van der Waals surface area contributed by atoms with Crippen LogP contribution in [0.5, 0.6) is 0 Å². The number of aryl methyl sites for hydroxylation is 1. The third-order valence-corrected chi connectivity index (χ3v) is 2.68. The van der Waals surface area contributed by atoms with Crippen LogP contribution in [-0.2, 0) is 4.79 Å². The van der Waals surface area contributed by atoms with Crippen LogP contribution in [-0.4, -0.2) is 15.3 Å². The molecule has 1 amide bonds. The molecule has 0 atom stereocenters. The predicted molar refractivity (Wildman–Crippen MR) is 67.5 cm³/mol. The number of amides is 1. The molecule has 0 saturated heterocycles. The smallest absolute Gasteiger partial charge is 0.235 e. The molecule has 88 valence electrons. The predicted octanol–water partition coefficient (Wildman–Crippen LogP) is 1.98. The molecule has 0 unspecified atom stereocenters. The quantitative estimate of drug-likeness (QED) is 0.815. The summed E-state index contributed by atoms with van der Waals surface area (Å²) in [5, 5.41) is 0.566. The average molecular weight is 248 g/mol. The van der Waals surface area contributed by atoms with Crippen LogP contribution in [0.2, 0.25) is 0 Å². The van der Waals surface area contributed by atoms with Gasteiger partial charge in [-0.05, 0) is 13.0 Å². The third-order valence-electron chi connectivity index (χ3n) is 2.05. The van der Waals surface area contributed by atoms with Gasteiger partial charge in [0.25, 0.3) is 0 Å². The first-order chi connectivity index (χ1) is 8.15. The van der Waals surface area contributed by atoms with Crippen molar-refractivity contribution < 1.29 is 4.79 Å². The summed E-state index contributed by atoms with van der Waals surface area (Å²) in [6.45, 7) is 3.45. The molecule has 1 aromatic heterocycles. The number of nitrogens with one attached hydrogen (secondary N) is 2. The molecule has 1 heterocycles. The Kier molecular flexibility index (Phi) is 3.34. The van der Waals surface area contributed by atoms with Crippen LogP contribution in [0.1, 0.15) is 12.5 Å². The minimum atomic E-state index is -0.169. The van der Waals surface area contributed by atoms with Gasteiger partial charge in [0.05, 0.1) is 0 Å². The van der Waals surface area contributed by atoms with Crippen molar-refractivity contribution >= 4 is 22.6 Å². The lowest BCUT2D eigenvalue weighted by Crippen LogP contribution is -2.26. The highest BCUT2D eigenvalue weighted by molar-refractivity contribution is 7.09. The van der Waals surface area contributed by atoms with Gasteiger partial charge in [0.15, 0.2) is 5.82 Å². The number of rotatable bonds is 3. The molecule has 17 heavy (non-hydrogen) atoms. The van der Waals surface area contributed by atoms with Crippen LogP contribution >= 0.6 is 11.5 Å². The Hall–Kier alpha value is -1.95. The molecular formula is C11H12N4OS. The molecular weight excluding hydrogens is 236 g/mol. The van der Waals surface area contributed by atoms with Crippen molar-refractivity contribution in [2.75, 3.05) is 5.43 Å². The maximum Gasteiger partial charge on any atom is 0.235 e. The van der Waals surface area contributed by atoms with E-state index in [2.05, 4.69) is 20.2 Å². The number of benzene rings is 1. The van der Waals surface area contributed by atoms with Crippen molar-refractivity contribution in [1.29, 1.82) is 0 Å². The zero-order chi connectivity index (χ0) is 12.3. The Morgan fingerprint density at radius 2 is 2.24 bits per heavy atom. The highest BCUT2D eigenvalue weighted by atomic mass is 32.1. The van der Waals surface area contributed by atoms with E-state index in [0.29, 0.717) is 11.0 Å². The van der Waals surface area contributed by atoms with Gasteiger partial charge in [0.1, 0.15) is 0 Å². The molecule has 2 aromatic rings. The fraction of sp³-hybridized carbons (Fsp3) is 0.182. The van der Waals surface area contributed by atoms with Crippen LogP contribution in [0.3, 0.4) is 0 Å². The summed E-state index contributed by atoms with van der Waals surface area (Å²) < 4.78 is 4.22. The molecule has 6 heteroatoms. The van der Waals surface area contributed by atoms with Gasteiger partial charge >= 0.3 is 0 Å². The van der Waals surface area contributed by atoms with Gasteiger partial charge in [-0.1, -0.05) is 23.8 Å². The van der Waals surface area contributed by atoms with Gasteiger partial charge in [-0.15, -0.1) is 0 Å². The maximum absolute atomic E-state index is 10.7. The normalized spacial score (nSPS) is 10.0. The Morgan fingerprint density at radius 3 is 2.94 bits per heavy atom. The summed E-state index contributed by atoms with van der Waals surface area (Å²) in [5.74, 6) is 0.490. The largest absolute Gasteiger partial charge is 0.274 e. The van der Waals surface area contributed by atoms with Crippen molar-refractivity contribution in [2.24, 2.45) is 0 Å². The third kappa shape index (κ3) is 3.01. The number of nitrogens with zero attached hydrogens (tertiary/aromatic N) is 2. The molecule has 1 aromatic carbocycles. The van der Waals surface area contributed by atoms with Gasteiger partial charge in [0, 0.05) is 24.0 Å². The van der Waals surface area contributed by atoms with Crippen molar-refractivity contribution in [2.45, 2.75) is 13.8 Å². The fourth-order valence-electron chi connectivity index (χ4n) is 1.32. The van der Waals surface area contributed by atoms with Crippen molar-refractivity contribution in [3.05, 3.63) is 29.8 Å². The van der Waals surface area contributed by atoms with E-state index in [1.54, 1.807) is 0 Å². The molecule has 5 nitrogen and oxygen atoms in total. The number of carbonyl (C=O) groups excluding carboxylic acids is 1. The lowest BCUT2D eigenvalue weighted by molar-refractivity contribution is -0.118. The standard InChI is InChI=1S/C11H12N4OS/c1-7-4-3-5-9(6-7)10-12-11(17-15-10)14-13-8(2)16/h3-6H,1-2H3,(H,13,16)(H,12,14,15). The van der Waals surface area contributed by atoms with E-state index in [4.69, 9.17) is 0 Å². The molecule has 0 saturated carbocycles. The van der Waals surface area contributed by atoms with E-state index in [9.17, 15) is 4.79 Å². The average Bonchev–Trinajstić information content (AvgIpc) is 2.75. The number of anilines is 1. The first-order valence-corrected chi connectivity index (χ1v) is 5.86. The molecule has 0 radical (unpaired) electrons. The summed E-state index contributed by atoms with van der Waals surface area (Å²) in [7, 11) is 0. The number of carbonyl (C=O) groups is 1. The van der Waals surface area contributed by atoms with Gasteiger partial charge in [-0.25, -0.2) is 0 Å². The van der Waals surface area contributed by atoms with Gasteiger partial charge < -0.3 is 0 Å². The van der Waals surface area contributed by atoms with Crippen molar-refractivity contribution in [3.8, 4) is 11.4 Å². The first kappa shape index (κ1) is 11.5. The summed E-state index contributed by atoms with van der Waals surface area (Å²) >= 11 is 1.21. The first-order valence-electron chi connectivity index (χ1n) is 5.08. The lowest BCUT2D eigenvalue weighted by atomic mass is 10.1. The molecule has 0 spiro atoms. The number of aromatic nitrogens is 2. The van der Waals surface area contributed by atoms with E-state index >= 15 is 0 Å². The molecule has 2 N–H and O–H groups in total. The van der Waals surface area contributed by atoms with Crippen LogP contribution in [0, 0.1) is 6.92 Å². The molecule has 0 fully saturated rings. The van der Waals surface area contributed by atoms with E-state index in [1.807, 2.05) is 31.2 Å². The van der Waals surface area contributed by atoms with E-state index < -0.39 is 0 Å². The highest BCUT2D eigenvalue weighted by Crippen LogP contribution is 2.21. The maximum atomic E-state index is 10.7. The fourth-order valence-corrected chi connectivity index (χ4v) is 1.86. The molecule has 2 rings (SSSR count). The monoisotopic (exact) mass is 248 g/mol. The summed E-state index contributed by atoms with van der Waals surface area (Å²) in [5.41, 5.74) is 7.28. The van der Waals surface area contributed by atoms with E-state index in [0.717, 1.165) is 11.1 Å². The second-order valence-corrected chi connectivity index (χ2v) is 4.35. The second kappa shape index (κ2) is 4.92. The van der Waals surface area contributed by atoms with Crippen molar-refractivity contribution in [1.82, 2.24) is 14.8 Å². The molecule has 0 bridgehead atoms. The Bertz CT molecular complexity index is 538. The minimum Gasteiger partial charge on any atom is -0.274 e. The van der Waals surface area contributed by atoms with Gasteiger partial charge in [-0.3, -0.25) is 15.6 Å². The molecule has 0 aliphatic carbocycles. The molecule has 0 aliphatic heterocycles. The topological polar surface area (TPSA) is 66.9 Å². The summed E-state index contributed by atoms with van der Waals surface area (Å²) in [6.07, 6.45) is 0.